The summed E-state index contributed by atoms with van der Waals surface area (Å²) < 4.78 is 9.04. The third-order valence-corrected chi connectivity index (χ3v) is 15.0. The Labute approximate surface area is 385 Å². The Balaban J connectivity index is 1.04. The van der Waals surface area contributed by atoms with Crippen LogP contribution in [-0.2, 0) is 0 Å². The topological polar surface area (TPSA) is 13.1 Å². The van der Waals surface area contributed by atoms with Crippen LogP contribution in [-0.4, -0.2) is 0 Å². The molecule has 66 heavy (non-hydrogen) atoms. The Morgan fingerprint density at radius 2 is 0.606 bits per heavy atom. The number of rotatable bonds is 5. The molecule has 14 rings (SSSR count). The molecule has 306 valence electrons. The molecule has 0 atom stereocenters. The lowest BCUT2D eigenvalue weighted by Crippen LogP contribution is -1.92. The molecule has 0 spiro atoms. The zero-order valence-corrected chi connectivity index (χ0v) is 36.6. The molecule has 2 heterocycles. The second-order valence-corrected chi connectivity index (χ2v) is 18.5. The number of furan rings is 1. The second-order valence-electron chi connectivity index (χ2n) is 17.4. The van der Waals surface area contributed by atoms with E-state index in [4.69, 9.17) is 4.42 Å². The Morgan fingerprint density at radius 1 is 0.242 bits per heavy atom. The molecular formula is C64H38OS. The minimum Gasteiger partial charge on any atom is -0.456 e. The van der Waals surface area contributed by atoms with Gasteiger partial charge in [0, 0.05) is 30.9 Å². The summed E-state index contributed by atoms with van der Waals surface area (Å²) in [7, 11) is 0. The first-order valence-corrected chi connectivity index (χ1v) is 23.5. The van der Waals surface area contributed by atoms with Crippen molar-refractivity contribution < 1.29 is 4.42 Å². The standard InChI is InChI=1S/C64H38OS/c1-3-17-39(18-4-1)41-33-35-55-53(37-41)54-38-42(34-36-56(54)65-55)60-45-23-9-13-27-49(45)62(50-28-14-10-24-46(50)60)52-30-16-32-58-64(52)63-51(29-15-31-57(63)66-58)61-47-25-11-7-21-43(47)59(40-19-5-2-6-20-40)44-22-8-12-26-48(44)61/h1-38H. The van der Waals surface area contributed by atoms with Crippen LogP contribution in [0.15, 0.2) is 235 Å². The van der Waals surface area contributed by atoms with Crippen molar-refractivity contribution in [3.05, 3.63) is 231 Å². The van der Waals surface area contributed by atoms with Gasteiger partial charge in [-0.25, -0.2) is 0 Å². The van der Waals surface area contributed by atoms with Crippen LogP contribution in [0.3, 0.4) is 0 Å². The van der Waals surface area contributed by atoms with E-state index in [2.05, 4.69) is 231 Å². The molecule has 2 aromatic heterocycles. The van der Waals surface area contributed by atoms with Crippen LogP contribution in [0.5, 0.6) is 0 Å². The highest BCUT2D eigenvalue weighted by Crippen LogP contribution is 2.52. The van der Waals surface area contributed by atoms with Crippen molar-refractivity contribution in [3.8, 4) is 55.6 Å². The maximum absolute atomic E-state index is 6.47. The molecule has 0 bridgehead atoms. The average molecular weight is 855 g/mol. The summed E-state index contributed by atoms with van der Waals surface area (Å²) in [5.74, 6) is 0. The summed E-state index contributed by atoms with van der Waals surface area (Å²) in [6.45, 7) is 0. The van der Waals surface area contributed by atoms with Gasteiger partial charge >= 0.3 is 0 Å². The van der Waals surface area contributed by atoms with E-state index in [1.807, 2.05) is 11.3 Å². The molecule has 0 saturated heterocycles. The highest BCUT2D eigenvalue weighted by atomic mass is 32.1. The quantitative estimate of drug-likeness (QED) is 0.157. The average Bonchev–Trinajstić information content (AvgIpc) is 3.96. The van der Waals surface area contributed by atoms with Gasteiger partial charge in [0.1, 0.15) is 11.2 Å². The van der Waals surface area contributed by atoms with Crippen molar-refractivity contribution in [1.29, 1.82) is 0 Å². The first-order chi connectivity index (χ1) is 32.8. The predicted octanol–water partition coefficient (Wildman–Crippen LogP) is 18.9. The normalized spacial score (nSPS) is 11.9. The van der Waals surface area contributed by atoms with Crippen molar-refractivity contribution in [2.75, 3.05) is 0 Å². The monoisotopic (exact) mass is 854 g/mol. The van der Waals surface area contributed by atoms with Gasteiger partial charge in [-0.1, -0.05) is 194 Å². The minimum atomic E-state index is 0.895. The predicted molar refractivity (Wildman–Crippen MR) is 284 cm³/mol. The SMILES string of the molecule is c1ccc(-c2ccc3oc4ccc(-c5c6ccccc6c(-c6cccc7sc8cccc(-c9c%10ccccc%10c(-c%10ccccc%10)c%10ccccc9%10)c8c67)c6ccccc56)cc4c3c2)cc1. The Morgan fingerprint density at radius 3 is 1.06 bits per heavy atom. The van der Waals surface area contributed by atoms with Gasteiger partial charge in [0.15, 0.2) is 0 Å². The van der Waals surface area contributed by atoms with E-state index in [-0.39, 0.29) is 0 Å². The first kappa shape index (κ1) is 37.1. The minimum absolute atomic E-state index is 0.895. The Hall–Kier alpha value is -8.30. The van der Waals surface area contributed by atoms with Gasteiger partial charge in [0.05, 0.1) is 0 Å². The number of fused-ring (bicyclic) bond motifs is 10. The zero-order chi connectivity index (χ0) is 43.3. The van der Waals surface area contributed by atoms with Crippen molar-refractivity contribution in [2.45, 2.75) is 0 Å². The molecular weight excluding hydrogens is 817 g/mol. The van der Waals surface area contributed by atoms with Crippen molar-refractivity contribution in [2.24, 2.45) is 0 Å². The summed E-state index contributed by atoms with van der Waals surface area (Å²) in [4.78, 5) is 0. The van der Waals surface area contributed by atoms with Gasteiger partial charge in [0.2, 0.25) is 0 Å². The van der Waals surface area contributed by atoms with E-state index in [1.165, 1.54) is 119 Å². The van der Waals surface area contributed by atoms with Crippen LogP contribution >= 0.6 is 11.3 Å². The molecule has 1 nitrogen and oxygen atoms in total. The molecule has 0 amide bonds. The lowest BCUT2D eigenvalue weighted by molar-refractivity contribution is 0.669. The molecule has 0 fully saturated rings. The Bertz CT molecular complexity index is 4160. The molecule has 0 aliphatic carbocycles. The molecule has 0 N–H and O–H groups in total. The molecule has 0 unspecified atom stereocenters. The molecule has 0 radical (unpaired) electrons. The van der Waals surface area contributed by atoms with Crippen LogP contribution in [0.4, 0.5) is 0 Å². The number of thiophene rings is 1. The van der Waals surface area contributed by atoms with Gasteiger partial charge in [-0.2, -0.15) is 0 Å². The first-order valence-electron chi connectivity index (χ1n) is 22.7. The highest BCUT2D eigenvalue weighted by Gasteiger charge is 2.24. The highest BCUT2D eigenvalue weighted by molar-refractivity contribution is 7.26. The maximum Gasteiger partial charge on any atom is 0.135 e. The summed E-state index contributed by atoms with van der Waals surface area (Å²) in [6, 6.07) is 84.7. The second kappa shape index (κ2) is 14.6. The molecule has 2 heteroatoms. The van der Waals surface area contributed by atoms with Gasteiger partial charge in [-0.3, -0.25) is 0 Å². The summed E-state index contributed by atoms with van der Waals surface area (Å²) >= 11 is 1.89. The van der Waals surface area contributed by atoms with Crippen LogP contribution in [0.25, 0.3) is 141 Å². The fourth-order valence-electron chi connectivity index (χ4n) is 11.1. The summed E-state index contributed by atoms with van der Waals surface area (Å²) in [5.41, 5.74) is 14.2. The molecule has 0 aliphatic rings. The fraction of sp³-hybridized carbons (Fsp3) is 0. The zero-order valence-electron chi connectivity index (χ0n) is 35.8. The Kier molecular flexibility index (Phi) is 8.22. The van der Waals surface area contributed by atoms with Gasteiger partial charge in [-0.15, -0.1) is 11.3 Å². The molecule has 0 saturated carbocycles. The smallest absolute Gasteiger partial charge is 0.135 e. The van der Waals surface area contributed by atoms with Gasteiger partial charge in [-0.05, 0) is 135 Å². The van der Waals surface area contributed by atoms with E-state index in [0.717, 1.165) is 21.9 Å². The van der Waals surface area contributed by atoms with Crippen LogP contribution in [0, 0.1) is 0 Å². The summed E-state index contributed by atoms with van der Waals surface area (Å²) in [5, 5.41) is 14.8. The number of hydrogen-bond donors (Lipinski definition) is 0. The molecule has 14 aromatic rings. The van der Waals surface area contributed by atoms with Crippen LogP contribution in [0.1, 0.15) is 0 Å². The van der Waals surface area contributed by atoms with E-state index >= 15 is 0 Å². The van der Waals surface area contributed by atoms with Crippen LogP contribution in [0.2, 0.25) is 0 Å². The summed E-state index contributed by atoms with van der Waals surface area (Å²) in [6.07, 6.45) is 0. The lowest BCUT2D eigenvalue weighted by atomic mass is 9.83. The van der Waals surface area contributed by atoms with Gasteiger partial charge < -0.3 is 4.42 Å². The molecule has 0 aliphatic heterocycles. The maximum atomic E-state index is 6.47. The third kappa shape index (κ3) is 5.52. The third-order valence-electron chi connectivity index (χ3n) is 13.9. The van der Waals surface area contributed by atoms with E-state index in [0.29, 0.717) is 0 Å². The fourth-order valence-corrected chi connectivity index (χ4v) is 12.2. The van der Waals surface area contributed by atoms with Crippen LogP contribution < -0.4 is 0 Å². The van der Waals surface area contributed by atoms with E-state index in [1.54, 1.807) is 0 Å². The largest absolute Gasteiger partial charge is 0.456 e. The molecule has 12 aromatic carbocycles. The van der Waals surface area contributed by atoms with Gasteiger partial charge in [0.25, 0.3) is 0 Å². The van der Waals surface area contributed by atoms with E-state index < -0.39 is 0 Å². The van der Waals surface area contributed by atoms with Crippen molar-refractivity contribution in [1.82, 2.24) is 0 Å². The van der Waals surface area contributed by atoms with Crippen molar-refractivity contribution >= 4 is 96.5 Å². The number of hydrogen-bond acceptors (Lipinski definition) is 2. The number of benzene rings is 12. The lowest BCUT2D eigenvalue weighted by Gasteiger charge is -2.20. The van der Waals surface area contributed by atoms with Crippen molar-refractivity contribution in [3.63, 3.8) is 0 Å². The van der Waals surface area contributed by atoms with E-state index in [9.17, 15) is 0 Å².